The van der Waals surface area contributed by atoms with Gasteiger partial charge in [-0.2, -0.15) is 0 Å². The van der Waals surface area contributed by atoms with E-state index in [2.05, 4.69) is 15.4 Å². The van der Waals surface area contributed by atoms with Crippen LogP contribution in [0.4, 0.5) is 0 Å². The Balaban J connectivity index is 2.32. The molecule has 0 saturated heterocycles. The Kier molecular flexibility index (Phi) is 10.8. The van der Waals surface area contributed by atoms with E-state index in [-0.39, 0.29) is 12.5 Å². The molecule has 1 aromatic carbocycles. The standard InChI is InChI=1S/C19H28N2O5/c1-3-6-18(23)21-12-11-20-13-16(22)14-26-17-8-5-4-7-15(17)9-10-19(24)25-2/h4-5,7-10,16,20,22H,3,6,11-14H2,1-2H3,(H,21,23). The maximum absolute atomic E-state index is 11.3. The first-order valence-electron chi connectivity index (χ1n) is 8.70. The number of aliphatic hydroxyl groups is 1. The number of ether oxygens (including phenoxy) is 2. The van der Waals surface area contributed by atoms with Gasteiger partial charge in [-0.3, -0.25) is 4.79 Å². The topological polar surface area (TPSA) is 96.9 Å². The molecule has 0 aromatic heterocycles. The molecule has 0 bridgehead atoms. The lowest BCUT2D eigenvalue weighted by Gasteiger charge is -2.15. The van der Waals surface area contributed by atoms with Crippen molar-refractivity contribution in [1.82, 2.24) is 10.6 Å². The van der Waals surface area contributed by atoms with Crippen LogP contribution in [-0.4, -0.2) is 56.4 Å². The molecule has 1 aromatic rings. The lowest BCUT2D eigenvalue weighted by atomic mass is 10.2. The fraction of sp³-hybridized carbons (Fsp3) is 0.474. The lowest BCUT2D eigenvalue weighted by molar-refractivity contribution is -0.134. The number of hydrogen-bond donors (Lipinski definition) is 3. The highest BCUT2D eigenvalue weighted by molar-refractivity contribution is 5.87. The summed E-state index contributed by atoms with van der Waals surface area (Å²) in [5.41, 5.74) is 0.719. The molecule has 0 aliphatic rings. The number of carbonyl (C=O) groups is 2. The van der Waals surface area contributed by atoms with Crippen LogP contribution in [0.25, 0.3) is 6.08 Å². The highest BCUT2D eigenvalue weighted by Crippen LogP contribution is 2.19. The molecule has 1 rings (SSSR count). The van der Waals surface area contributed by atoms with Crippen LogP contribution >= 0.6 is 0 Å². The molecule has 0 fully saturated rings. The Morgan fingerprint density at radius 3 is 2.77 bits per heavy atom. The quantitative estimate of drug-likeness (QED) is 0.292. The Hall–Kier alpha value is -2.38. The third-order valence-electron chi connectivity index (χ3n) is 3.43. The minimum Gasteiger partial charge on any atom is -0.490 e. The summed E-state index contributed by atoms with van der Waals surface area (Å²) in [5, 5.41) is 15.8. The molecule has 144 valence electrons. The number of para-hydroxylation sites is 1. The van der Waals surface area contributed by atoms with Crippen LogP contribution < -0.4 is 15.4 Å². The number of amides is 1. The number of benzene rings is 1. The van der Waals surface area contributed by atoms with Gasteiger partial charge in [-0.25, -0.2) is 4.79 Å². The minimum atomic E-state index is -0.695. The van der Waals surface area contributed by atoms with Gasteiger partial charge in [-0.1, -0.05) is 25.1 Å². The second-order valence-corrected chi connectivity index (χ2v) is 5.66. The van der Waals surface area contributed by atoms with Crippen LogP contribution in [0.1, 0.15) is 25.3 Å². The number of aliphatic hydroxyl groups excluding tert-OH is 1. The van der Waals surface area contributed by atoms with Crippen LogP contribution in [0.3, 0.4) is 0 Å². The summed E-state index contributed by atoms with van der Waals surface area (Å²) in [5.74, 6) is 0.156. The number of nitrogens with one attached hydrogen (secondary N) is 2. The number of rotatable bonds is 12. The highest BCUT2D eigenvalue weighted by Gasteiger charge is 2.07. The van der Waals surface area contributed by atoms with Crippen molar-refractivity contribution < 1.29 is 24.2 Å². The molecule has 0 aliphatic heterocycles. The third kappa shape index (κ3) is 9.19. The van der Waals surface area contributed by atoms with Gasteiger partial charge in [-0.05, 0) is 18.6 Å². The van der Waals surface area contributed by atoms with E-state index in [0.29, 0.717) is 31.8 Å². The van der Waals surface area contributed by atoms with Crippen molar-refractivity contribution in [3.05, 3.63) is 35.9 Å². The van der Waals surface area contributed by atoms with E-state index in [4.69, 9.17) is 4.74 Å². The largest absolute Gasteiger partial charge is 0.490 e. The maximum atomic E-state index is 11.3. The van der Waals surface area contributed by atoms with Gasteiger partial charge >= 0.3 is 5.97 Å². The van der Waals surface area contributed by atoms with E-state index in [0.717, 1.165) is 12.0 Å². The first-order valence-corrected chi connectivity index (χ1v) is 8.70. The molecule has 26 heavy (non-hydrogen) atoms. The predicted molar refractivity (Wildman–Crippen MR) is 99.8 cm³/mol. The monoisotopic (exact) mass is 364 g/mol. The summed E-state index contributed by atoms with van der Waals surface area (Å²) < 4.78 is 10.2. The average Bonchev–Trinajstić information content (AvgIpc) is 2.64. The van der Waals surface area contributed by atoms with Gasteiger partial charge in [0.15, 0.2) is 0 Å². The van der Waals surface area contributed by atoms with Crippen LogP contribution in [0.15, 0.2) is 30.3 Å². The Bertz CT molecular complexity index is 589. The van der Waals surface area contributed by atoms with Crippen LogP contribution in [-0.2, 0) is 14.3 Å². The van der Waals surface area contributed by atoms with Crippen molar-refractivity contribution >= 4 is 18.0 Å². The molecule has 0 aliphatic carbocycles. The SMILES string of the molecule is CCCC(=O)NCCNCC(O)COc1ccccc1C=CC(=O)OC. The molecular formula is C19H28N2O5. The third-order valence-corrected chi connectivity index (χ3v) is 3.43. The van der Waals surface area contributed by atoms with Crippen molar-refractivity contribution in [1.29, 1.82) is 0 Å². The summed E-state index contributed by atoms with van der Waals surface area (Å²) in [4.78, 5) is 22.5. The van der Waals surface area contributed by atoms with Gasteiger partial charge in [0.05, 0.1) is 7.11 Å². The van der Waals surface area contributed by atoms with Crippen molar-refractivity contribution in [2.24, 2.45) is 0 Å². The van der Waals surface area contributed by atoms with E-state index in [9.17, 15) is 14.7 Å². The molecule has 7 nitrogen and oxygen atoms in total. The van der Waals surface area contributed by atoms with Crippen molar-refractivity contribution in [2.75, 3.05) is 33.4 Å². The summed E-state index contributed by atoms with van der Waals surface area (Å²) in [6, 6.07) is 7.21. The van der Waals surface area contributed by atoms with Crippen LogP contribution in [0.2, 0.25) is 0 Å². The second-order valence-electron chi connectivity index (χ2n) is 5.66. The summed E-state index contributed by atoms with van der Waals surface area (Å²) in [6.07, 6.45) is 3.57. The van der Waals surface area contributed by atoms with E-state index in [1.807, 2.05) is 19.1 Å². The molecule has 3 N–H and O–H groups in total. The lowest BCUT2D eigenvalue weighted by Crippen LogP contribution is -2.37. The van der Waals surface area contributed by atoms with E-state index >= 15 is 0 Å². The zero-order chi connectivity index (χ0) is 19.2. The van der Waals surface area contributed by atoms with E-state index < -0.39 is 12.1 Å². The van der Waals surface area contributed by atoms with Crippen LogP contribution in [0.5, 0.6) is 5.75 Å². The smallest absolute Gasteiger partial charge is 0.330 e. The zero-order valence-corrected chi connectivity index (χ0v) is 15.4. The number of esters is 1. The Labute approximate surface area is 154 Å². The van der Waals surface area contributed by atoms with Crippen molar-refractivity contribution in [2.45, 2.75) is 25.9 Å². The van der Waals surface area contributed by atoms with E-state index in [1.165, 1.54) is 13.2 Å². The predicted octanol–water partition coefficient (Wildman–Crippen LogP) is 1.12. The normalized spacial score (nSPS) is 12.0. The molecule has 1 amide bonds. The van der Waals surface area contributed by atoms with E-state index in [1.54, 1.807) is 18.2 Å². The minimum absolute atomic E-state index is 0.0369. The maximum Gasteiger partial charge on any atom is 0.330 e. The molecular weight excluding hydrogens is 336 g/mol. The molecule has 1 atom stereocenters. The first-order chi connectivity index (χ1) is 12.6. The van der Waals surface area contributed by atoms with Gasteiger partial charge in [0.1, 0.15) is 18.5 Å². The highest BCUT2D eigenvalue weighted by atomic mass is 16.5. The fourth-order valence-electron chi connectivity index (χ4n) is 2.09. The Morgan fingerprint density at radius 2 is 2.04 bits per heavy atom. The van der Waals surface area contributed by atoms with Crippen molar-refractivity contribution in [3.8, 4) is 5.75 Å². The summed E-state index contributed by atoms with van der Waals surface area (Å²) in [7, 11) is 1.31. The molecule has 0 heterocycles. The molecule has 7 heteroatoms. The fourth-order valence-corrected chi connectivity index (χ4v) is 2.09. The second kappa shape index (κ2) is 12.9. The molecule has 0 radical (unpaired) electrons. The van der Waals surface area contributed by atoms with Crippen molar-refractivity contribution in [3.63, 3.8) is 0 Å². The zero-order valence-electron chi connectivity index (χ0n) is 15.4. The molecule has 0 spiro atoms. The van der Waals surface area contributed by atoms with Gasteiger partial charge in [-0.15, -0.1) is 0 Å². The summed E-state index contributed by atoms with van der Waals surface area (Å²) >= 11 is 0. The van der Waals surface area contributed by atoms with Gasteiger partial charge in [0.2, 0.25) is 5.91 Å². The first kappa shape index (κ1) is 21.7. The van der Waals surface area contributed by atoms with Gasteiger partial charge < -0.3 is 25.2 Å². The van der Waals surface area contributed by atoms with Crippen LogP contribution in [0, 0.1) is 0 Å². The molecule has 1 unspecified atom stereocenters. The Morgan fingerprint density at radius 1 is 1.27 bits per heavy atom. The van der Waals surface area contributed by atoms with Gasteiger partial charge in [0.25, 0.3) is 0 Å². The number of carbonyl (C=O) groups excluding carboxylic acids is 2. The number of methoxy groups -OCH3 is 1. The number of hydrogen-bond acceptors (Lipinski definition) is 6. The summed E-state index contributed by atoms with van der Waals surface area (Å²) in [6.45, 7) is 3.51. The molecule has 0 saturated carbocycles. The average molecular weight is 364 g/mol. The van der Waals surface area contributed by atoms with Gasteiger partial charge in [0, 0.05) is 37.7 Å².